The van der Waals surface area contributed by atoms with Crippen LogP contribution in [0.3, 0.4) is 0 Å². The SMILES string of the molecule is CSCCCCNCc1ccc(C(C)(C)C)s1. The fourth-order valence-electron chi connectivity index (χ4n) is 1.58. The van der Waals surface area contributed by atoms with Crippen LogP contribution in [0.4, 0.5) is 0 Å². The van der Waals surface area contributed by atoms with E-state index in [4.69, 9.17) is 0 Å². The van der Waals surface area contributed by atoms with E-state index < -0.39 is 0 Å². The predicted molar refractivity (Wildman–Crippen MR) is 82.3 cm³/mol. The highest BCUT2D eigenvalue weighted by Crippen LogP contribution is 2.29. The van der Waals surface area contributed by atoms with Crippen LogP contribution in [-0.4, -0.2) is 18.6 Å². The van der Waals surface area contributed by atoms with Crippen molar-refractivity contribution in [1.29, 1.82) is 0 Å². The van der Waals surface area contributed by atoms with E-state index in [1.54, 1.807) is 0 Å². The molecule has 1 rings (SSSR count). The Hall–Kier alpha value is 0.01000. The molecule has 1 aromatic heterocycles. The first-order valence-corrected chi connectivity index (χ1v) is 8.54. The second-order valence-electron chi connectivity index (χ2n) is 5.39. The van der Waals surface area contributed by atoms with Gasteiger partial charge in [0.05, 0.1) is 0 Å². The summed E-state index contributed by atoms with van der Waals surface area (Å²) in [5.41, 5.74) is 0.293. The number of nitrogens with one attached hydrogen (secondary N) is 1. The van der Waals surface area contributed by atoms with E-state index >= 15 is 0 Å². The molecule has 0 atom stereocenters. The van der Waals surface area contributed by atoms with Crippen molar-refractivity contribution in [3.63, 3.8) is 0 Å². The van der Waals surface area contributed by atoms with E-state index in [-0.39, 0.29) is 0 Å². The Labute approximate surface area is 114 Å². The van der Waals surface area contributed by atoms with Crippen LogP contribution < -0.4 is 5.32 Å². The first-order valence-electron chi connectivity index (χ1n) is 6.33. The van der Waals surface area contributed by atoms with Gasteiger partial charge in [0.25, 0.3) is 0 Å². The summed E-state index contributed by atoms with van der Waals surface area (Å²) < 4.78 is 0. The van der Waals surface area contributed by atoms with Gasteiger partial charge in [0.1, 0.15) is 0 Å². The minimum Gasteiger partial charge on any atom is -0.312 e. The molecule has 0 aliphatic heterocycles. The Balaban J connectivity index is 2.21. The smallest absolute Gasteiger partial charge is 0.0299 e. The quantitative estimate of drug-likeness (QED) is 0.743. The second-order valence-corrected chi connectivity index (χ2v) is 7.55. The average molecular weight is 271 g/mol. The summed E-state index contributed by atoms with van der Waals surface area (Å²) in [7, 11) is 0. The number of hydrogen-bond donors (Lipinski definition) is 1. The molecule has 0 spiro atoms. The van der Waals surface area contributed by atoms with Crippen molar-refractivity contribution in [2.24, 2.45) is 0 Å². The zero-order valence-electron chi connectivity index (χ0n) is 11.5. The molecule has 0 fully saturated rings. The predicted octanol–water partition coefficient (Wildman–Crippen LogP) is 4.28. The lowest BCUT2D eigenvalue weighted by Gasteiger charge is -2.15. The molecule has 0 aliphatic rings. The molecule has 1 heterocycles. The van der Waals surface area contributed by atoms with Crippen molar-refractivity contribution in [1.82, 2.24) is 5.32 Å². The van der Waals surface area contributed by atoms with E-state index in [1.807, 2.05) is 23.1 Å². The highest BCUT2D eigenvalue weighted by atomic mass is 32.2. The summed E-state index contributed by atoms with van der Waals surface area (Å²) >= 11 is 3.88. The fraction of sp³-hybridized carbons (Fsp3) is 0.714. The van der Waals surface area contributed by atoms with Crippen LogP contribution in [-0.2, 0) is 12.0 Å². The fourth-order valence-corrected chi connectivity index (χ4v) is 3.11. The van der Waals surface area contributed by atoms with Gasteiger partial charge in [0.15, 0.2) is 0 Å². The molecule has 0 bridgehead atoms. The van der Waals surface area contributed by atoms with Crippen LogP contribution in [0.15, 0.2) is 12.1 Å². The Bertz CT molecular complexity index is 312. The molecule has 1 N–H and O–H groups in total. The molecule has 98 valence electrons. The van der Waals surface area contributed by atoms with Crippen LogP contribution >= 0.6 is 23.1 Å². The number of hydrogen-bond acceptors (Lipinski definition) is 3. The van der Waals surface area contributed by atoms with Gasteiger partial charge in [-0.25, -0.2) is 0 Å². The third-order valence-electron chi connectivity index (χ3n) is 2.65. The maximum absolute atomic E-state index is 3.53. The van der Waals surface area contributed by atoms with Gasteiger partial charge in [-0.3, -0.25) is 0 Å². The summed E-state index contributed by atoms with van der Waals surface area (Å²) in [6.07, 6.45) is 4.79. The molecule has 17 heavy (non-hydrogen) atoms. The maximum Gasteiger partial charge on any atom is 0.0299 e. The number of thiophene rings is 1. The molecule has 0 radical (unpaired) electrons. The molecule has 0 saturated heterocycles. The van der Waals surface area contributed by atoms with Gasteiger partial charge in [-0.1, -0.05) is 20.8 Å². The van der Waals surface area contributed by atoms with Crippen molar-refractivity contribution in [3.05, 3.63) is 21.9 Å². The van der Waals surface area contributed by atoms with Gasteiger partial charge in [-0.05, 0) is 48.9 Å². The van der Waals surface area contributed by atoms with E-state index in [0.29, 0.717) is 5.41 Å². The molecule has 0 saturated carbocycles. The monoisotopic (exact) mass is 271 g/mol. The van der Waals surface area contributed by atoms with E-state index in [9.17, 15) is 0 Å². The summed E-state index contributed by atoms with van der Waals surface area (Å²) in [6, 6.07) is 4.54. The lowest BCUT2D eigenvalue weighted by atomic mass is 9.95. The molecule has 0 aromatic carbocycles. The maximum atomic E-state index is 3.53. The molecule has 3 heteroatoms. The molecule has 1 aromatic rings. The number of thioether (sulfide) groups is 1. The summed E-state index contributed by atoms with van der Waals surface area (Å²) in [4.78, 5) is 2.94. The van der Waals surface area contributed by atoms with Crippen LogP contribution in [0.5, 0.6) is 0 Å². The van der Waals surface area contributed by atoms with Gasteiger partial charge in [0.2, 0.25) is 0 Å². The summed E-state index contributed by atoms with van der Waals surface area (Å²) in [5, 5.41) is 3.53. The Kier molecular flexibility index (Phi) is 6.60. The standard InChI is InChI=1S/C14H25NS2/c1-14(2,3)13-8-7-12(17-13)11-15-9-5-6-10-16-4/h7-8,15H,5-6,9-11H2,1-4H3. The van der Waals surface area contributed by atoms with Gasteiger partial charge >= 0.3 is 0 Å². The van der Waals surface area contributed by atoms with Gasteiger partial charge in [-0.15, -0.1) is 11.3 Å². The van der Waals surface area contributed by atoms with E-state index in [2.05, 4.69) is 44.5 Å². The van der Waals surface area contributed by atoms with Crippen molar-refractivity contribution in [2.45, 2.75) is 45.6 Å². The van der Waals surface area contributed by atoms with Crippen molar-refractivity contribution in [2.75, 3.05) is 18.6 Å². The number of unbranched alkanes of at least 4 members (excludes halogenated alkanes) is 1. The molecular weight excluding hydrogens is 246 g/mol. The van der Waals surface area contributed by atoms with Crippen LogP contribution in [0, 0.1) is 0 Å². The molecule has 0 amide bonds. The second kappa shape index (κ2) is 7.45. The van der Waals surface area contributed by atoms with Gasteiger partial charge in [0, 0.05) is 16.3 Å². The van der Waals surface area contributed by atoms with Crippen molar-refractivity contribution < 1.29 is 0 Å². The highest BCUT2D eigenvalue weighted by Gasteiger charge is 2.15. The average Bonchev–Trinajstić information content (AvgIpc) is 2.71. The van der Waals surface area contributed by atoms with Gasteiger partial charge < -0.3 is 5.32 Å². The highest BCUT2D eigenvalue weighted by molar-refractivity contribution is 7.98. The van der Waals surface area contributed by atoms with Crippen molar-refractivity contribution >= 4 is 23.1 Å². The zero-order valence-corrected chi connectivity index (χ0v) is 13.1. The third-order valence-corrected chi connectivity index (χ3v) is 4.86. The largest absolute Gasteiger partial charge is 0.312 e. The minimum atomic E-state index is 0.293. The van der Waals surface area contributed by atoms with E-state index in [1.165, 1.54) is 28.3 Å². The van der Waals surface area contributed by atoms with Crippen LogP contribution in [0.2, 0.25) is 0 Å². The normalized spacial score (nSPS) is 12.0. The topological polar surface area (TPSA) is 12.0 Å². The Morgan fingerprint density at radius 3 is 2.59 bits per heavy atom. The Morgan fingerprint density at radius 2 is 2.00 bits per heavy atom. The first kappa shape index (κ1) is 15.1. The van der Waals surface area contributed by atoms with Crippen LogP contribution in [0.1, 0.15) is 43.4 Å². The van der Waals surface area contributed by atoms with E-state index in [0.717, 1.165) is 13.1 Å². The zero-order chi connectivity index (χ0) is 12.7. The summed E-state index contributed by atoms with van der Waals surface area (Å²) in [6.45, 7) is 9.00. The molecular formula is C14H25NS2. The minimum absolute atomic E-state index is 0.293. The van der Waals surface area contributed by atoms with Crippen molar-refractivity contribution in [3.8, 4) is 0 Å². The van der Waals surface area contributed by atoms with Crippen LogP contribution in [0.25, 0.3) is 0 Å². The number of rotatable bonds is 7. The lowest BCUT2D eigenvalue weighted by molar-refractivity contribution is 0.604. The molecule has 0 aliphatic carbocycles. The van der Waals surface area contributed by atoms with Gasteiger partial charge in [-0.2, -0.15) is 11.8 Å². The molecule has 1 nitrogen and oxygen atoms in total. The first-order chi connectivity index (χ1) is 8.04. The summed E-state index contributed by atoms with van der Waals surface area (Å²) in [5.74, 6) is 1.29. The third kappa shape index (κ3) is 5.94. The lowest BCUT2D eigenvalue weighted by Crippen LogP contribution is -2.14. The molecule has 0 unspecified atom stereocenters. The Morgan fingerprint density at radius 1 is 1.24 bits per heavy atom.